The molecule has 0 radical (unpaired) electrons. The van der Waals surface area contributed by atoms with E-state index in [1.165, 1.54) is 4.90 Å². The molecule has 2 atom stereocenters. The third kappa shape index (κ3) is 36.6. The van der Waals surface area contributed by atoms with Gasteiger partial charge in [-0.25, -0.2) is 4.79 Å². The van der Waals surface area contributed by atoms with Crippen LogP contribution in [0.2, 0.25) is 0 Å². The van der Waals surface area contributed by atoms with E-state index in [4.69, 9.17) is 33.2 Å². The van der Waals surface area contributed by atoms with Crippen LogP contribution >= 0.6 is 0 Å². The molecule has 0 N–H and O–H groups in total. The first kappa shape index (κ1) is 65.1. The lowest BCUT2D eigenvalue weighted by Gasteiger charge is -2.22. The molecule has 1 rings (SSSR count). The Morgan fingerprint density at radius 1 is 0.408 bits per heavy atom. The topological polar surface area (TPSA) is 191 Å². The molecule has 0 unspecified atom stereocenters. The lowest BCUT2D eigenvalue weighted by Crippen LogP contribution is -2.36. The van der Waals surface area contributed by atoms with Crippen LogP contribution in [0.4, 0.5) is 4.79 Å². The van der Waals surface area contributed by atoms with Crippen LogP contribution in [-0.2, 0) is 61.9 Å². The quantitative estimate of drug-likeness (QED) is 0.0318. The van der Waals surface area contributed by atoms with Gasteiger partial charge in [-0.1, -0.05) is 156 Å². The van der Waals surface area contributed by atoms with E-state index in [9.17, 15) is 33.6 Å². The van der Waals surface area contributed by atoms with E-state index >= 15 is 0 Å². The Balaban J connectivity index is 3.13. The van der Waals surface area contributed by atoms with Crippen molar-refractivity contribution in [1.29, 1.82) is 0 Å². The van der Waals surface area contributed by atoms with E-state index in [-0.39, 0.29) is 84.6 Å². The first-order chi connectivity index (χ1) is 34.3. The second kappa shape index (κ2) is 43.6. The second-order valence-electron chi connectivity index (χ2n) is 19.8. The minimum atomic E-state index is -1.09. The molecular formula is C55H98N2O14. The molecule has 0 aliphatic carbocycles. The van der Waals surface area contributed by atoms with E-state index in [0.717, 1.165) is 128 Å². The molecule has 0 aromatic heterocycles. The number of likely N-dealkylation sites (N-methyl/N-ethyl adjacent to an activating group) is 1. The molecule has 0 aromatic carbocycles. The molecule has 0 aromatic rings. The molecule has 1 aliphatic rings. The number of nitrogens with zero attached hydrogens (tertiary/aromatic N) is 2. The number of hydrogen-bond acceptors (Lipinski definition) is 15. The van der Waals surface area contributed by atoms with Crippen LogP contribution in [0.3, 0.4) is 0 Å². The van der Waals surface area contributed by atoms with Crippen LogP contribution < -0.4 is 0 Å². The highest BCUT2D eigenvalue weighted by molar-refractivity contribution is 5.74. The maximum absolute atomic E-state index is 13.7. The smallest absolute Gasteiger partial charge is 0.410 e. The zero-order chi connectivity index (χ0) is 52.3. The average molecular weight is 1010 g/mol. The molecule has 0 spiro atoms. The highest BCUT2D eigenvalue weighted by Crippen LogP contribution is 2.23. The van der Waals surface area contributed by atoms with Crippen molar-refractivity contribution in [2.24, 2.45) is 11.8 Å². The summed E-state index contributed by atoms with van der Waals surface area (Å²) in [5.41, 5.74) is 0. The van der Waals surface area contributed by atoms with Gasteiger partial charge < -0.3 is 43.0 Å². The van der Waals surface area contributed by atoms with E-state index in [1.807, 2.05) is 19.0 Å². The molecule has 16 heteroatoms. The molecule has 0 saturated carbocycles. The zero-order valence-electron chi connectivity index (χ0n) is 45.3. The molecule has 1 saturated heterocycles. The molecule has 1 aliphatic heterocycles. The molecule has 0 bridgehead atoms. The summed E-state index contributed by atoms with van der Waals surface area (Å²) in [6.07, 6.45) is 21.7. The predicted molar refractivity (Wildman–Crippen MR) is 273 cm³/mol. The number of ether oxygens (including phenoxy) is 7. The highest BCUT2D eigenvalue weighted by Gasteiger charge is 2.42. The maximum atomic E-state index is 13.7. The van der Waals surface area contributed by atoms with Crippen molar-refractivity contribution in [2.45, 2.75) is 233 Å². The number of carbonyl (C=O) groups excluding carboxylic acids is 7. The highest BCUT2D eigenvalue weighted by atomic mass is 16.6. The molecule has 1 fully saturated rings. The van der Waals surface area contributed by atoms with Crippen molar-refractivity contribution in [3.05, 3.63) is 0 Å². The van der Waals surface area contributed by atoms with Crippen LogP contribution in [0.25, 0.3) is 0 Å². The van der Waals surface area contributed by atoms with Gasteiger partial charge in [0.15, 0.2) is 12.2 Å². The van der Waals surface area contributed by atoms with Crippen LogP contribution in [0, 0.1) is 11.8 Å². The first-order valence-electron chi connectivity index (χ1n) is 27.9. The number of amides is 1. The lowest BCUT2D eigenvalue weighted by atomic mass is 10.1. The van der Waals surface area contributed by atoms with Gasteiger partial charge in [-0.15, -0.1) is 0 Å². The van der Waals surface area contributed by atoms with Crippen molar-refractivity contribution in [3.8, 4) is 0 Å². The standard InChI is InChI=1S/C55H98N2O14/c1-7-11-15-19-23-27-31-49(58)66-41-45(42-67-50(59)32-28-24-20-16-12-8-2)37-53(62)70-47-39-57(55(64)65-36-35-56(5)6)40-48(47)71-54(63)38-46(43-68-51(60)33-29-25-21-17-13-9-3)44-69-52(61)34-30-26-22-18-14-10-4/h45-48H,7-44H2,1-6H3/t47-,48-/m0/s1. The Kier molecular flexibility index (Phi) is 40.0. The van der Waals surface area contributed by atoms with Crippen molar-refractivity contribution >= 4 is 41.9 Å². The van der Waals surface area contributed by atoms with Crippen LogP contribution in [0.1, 0.15) is 220 Å². The molecule has 71 heavy (non-hydrogen) atoms. The van der Waals surface area contributed by atoms with Crippen molar-refractivity contribution in [2.75, 3.05) is 66.8 Å². The molecule has 1 heterocycles. The summed E-state index contributed by atoms with van der Waals surface area (Å²) < 4.78 is 39.7. The Morgan fingerprint density at radius 3 is 0.972 bits per heavy atom. The van der Waals surface area contributed by atoms with Crippen molar-refractivity contribution in [3.63, 3.8) is 0 Å². The van der Waals surface area contributed by atoms with Gasteiger partial charge in [0.05, 0.1) is 52.4 Å². The third-order valence-electron chi connectivity index (χ3n) is 12.6. The van der Waals surface area contributed by atoms with Gasteiger partial charge in [0.2, 0.25) is 0 Å². The fourth-order valence-electron chi connectivity index (χ4n) is 8.09. The summed E-state index contributed by atoms with van der Waals surface area (Å²) in [6.45, 7) is 8.21. The fourth-order valence-corrected chi connectivity index (χ4v) is 8.09. The number of unbranched alkanes of at least 4 members (excludes halogenated alkanes) is 20. The monoisotopic (exact) mass is 1010 g/mol. The van der Waals surface area contributed by atoms with E-state index in [2.05, 4.69) is 27.7 Å². The molecule has 412 valence electrons. The van der Waals surface area contributed by atoms with Gasteiger partial charge in [0.25, 0.3) is 0 Å². The molecular weight excluding hydrogens is 913 g/mol. The average Bonchev–Trinajstić information content (AvgIpc) is 3.73. The van der Waals surface area contributed by atoms with Crippen LogP contribution in [0.15, 0.2) is 0 Å². The van der Waals surface area contributed by atoms with Gasteiger partial charge in [0.1, 0.15) is 6.61 Å². The summed E-state index contributed by atoms with van der Waals surface area (Å²) in [7, 11) is 3.69. The Labute approximate surface area is 428 Å². The van der Waals surface area contributed by atoms with Crippen molar-refractivity contribution < 1.29 is 66.7 Å². The number of likely N-dealkylation sites (tertiary alicyclic amines) is 1. The van der Waals surface area contributed by atoms with Crippen LogP contribution in [0.5, 0.6) is 0 Å². The minimum absolute atomic E-state index is 0.102. The normalized spacial score (nSPS) is 14.5. The largest absolute Gasteiger partial charge is 0.465 e. The first-order valence-corrected chi connectivity index (χ1v) is 27.9. The predicted octanol–water partition coefficient (Wildman–Crippen LogP) is 11.0. The SMILES string of the molecule is CCCCCCCCC(=O)OCC(COC(=O)CCCCCCCC)CC(=O)O[C@H]1CN(C(=O)OCCN(C)C)C[C@@H]1OC(=O)CC(COC(=O)CCCCCCCC)COC(=O)CCCCCCCC. The zero-order valence-corrected chi connectivity index (χ0v) is 45.3. The summed E-state index contributed by atoms with van der Waals surface area (Å²) in [6, 6.07) is 0. The number of carbonyl (C=O) groups is 7. The number of hydrogen-bond donors (Lipinski definition) is 0. The maximum Gasteiger partial charge on any atom is 0.410 e. The fraction of sp³-hybridized carbons (Fsp3) is 0.873. The Bertz CT molecular complexity index is 1290. The third-order valence-corrected chi connectivity index (χ3v) is 12.6. The van der Waals surface area contributed by atoms with Gasteiger partial charge in [-0.2, -0.15) is 0 Å². The summed E-state index contributed by atoms with van der Waals surface area (Å²) >= 11 is 0. The number of rotatable bonds is 45. The van der Waals surface area contributed by atoms with Gasteiger partial charge >= 0.3 is 41.9 Å². The summed E-state index contributed by atoms with van der Waals surface area (Å²) in [4.78, 5) is 94.8. The van der Waals surface area contributed by atoms with E-state index in [0.29, 0.717) is 32.2 Å². The lowest BCUT2D eigenvalue weighted by molar-refractivity contribution is -0.167. The number of esters is 6. The van der Waals surface area contributed by atoms with Gasteiger partial charge in [0, 0.05) is 44.1 Å². The van der Waals surface area contributed by atoms with Gasteiger partial charge in [-0.05, 0) is 39.8 Å². The van der Waals surface area contributed by atoms with Gasteiger partial charge in [-0.3, -0.25) is 28.8 Å². The Morgan fingerprint density at radius 2 is 0.690 bits per heavy atom. The summed E-state index contributed by atoms with van der Waals surface area (Å²) in [5.74, 6) is -4.49. The molecule has 1 amide bonds. The Hall–Kier alpha value is -3.95. The minimum Gasteiger partial charge on any atom is -0.465 e. The van der Waals surface area contributed by atoms with Crippen molar-refractivity contribution in [1.82, 2.24) is 9.80 Å². The second-order valence-corrected chi connectivity index (χ2v) is 19.8. The van der Waals surface area contributed by atoms with Crippen LogP contribution in [-0.4, -0.2) is 131 Å². The van der Waals surface area contributed by atoms with E-state index in [1.54, 1.807) is 0 Å². The summed E-state index contributed by atoms with van der Waals surface area (Å²) in [5, 5.41) is 0. The molecule has 16 nitrogen and oxygen atoms in total. The van der Waals surface area contributed by atoms with E-state index < -0.39 is 66.0 Å².